The van der Waals surface area contributed by atoms with Gasteiger partial charge in [0.15, 0.2) is 6.61 Å². The van der Waals surface area contributed by atoms with Crippen molar-refractivity contribution in [3.63, 3.8) is 0 Å². The monoisotopic (exact) mass is 444 g/mol. The first-order valence-electron chi connectivity index (χ1n) is 10.8. The maximum absolute atomic E-state index is 13.1. The van der Waals surface area contributed by atoms with E-state index in [-0.39, 0.29) is 31.0 Å². The number of ether oxygens (including phenoxy) is 1. The third kappa shape index (κ3) is 7.28. The molecule has 2 amide bonds. The van der Waals surface area contributed by atoms with Crippen molar-refractivity contribution in [2.24, 2.45) is 0 Å². The molecule has 0 bridgehead atoms. The molecule has 0 unspecified atom stereocenters. The number of nitrogens with one attached hydrogen (secondary N) is 1. The molecule has 0 saturated heterocycles. The largest absolute Gasteiger partial charge is 0.484 e. The van der Waals surface area contributed by atoms with Crippen LogP contribution >= 0.6 is 11.6 Å². The molecule has 2 aromatic carbocycles. The summed E-state index contributed by atoms with van der Waals surface area (Å²) in [5, 5.41) is 3.50. The highest BCUT2D eigenvalue weighted by atomic mass is 35.5. The van der Waals surface area contributed by atoms with E-state index in [0.717, 1.165) is 12.0 Å². The first kappa shape index (κ1) is 24.7. The second-order valence-electron chi connectivity index (χ2n) is 8.12. The second kappa shape index (κ2) is 11.8. The molecule has 0 aliphatic carbocycles. The van der Waals surface area contributed by atoms with E-state index in [4.69, 9.17) is 16.3 Å². The first-order valence-corrected chi connectivity index (χ1v) is 11.2. The van der Waals surface area contributed by atoms with E-state index < -0.39 is 6.04 Å². The molecule has 0 spiro atoms. The van der Waals surface area contributed by atoms with Gasteiger partial charge in [-0.15, -0.1) is 0 Å². The summed E-state index contributed by atoms with van der Waals surface area (Å²) in [5.41, 5.74) is 1.98. The fourth-order valence-corrected chi connectivity index (χ4v) is 3.23. The van der Waals surface area contributed by atoms with Crippen molar-refractivity contribution in [2.75, 3.05) is 6.61 Å². The van der Waals surface area contributed by atoms with Gasteiger partial charge in [-0.1, -0.05) is 62.7 Å². The lowest BCUT2D eigenvalue weighted by molar-refractivity contribution is -0.142. The zero-order chi connectivity index (χ0) is 23.0. The van der Waals surface area contributed by atoms with Gasteiger partial charge < -0.3 is 15.0 Å². The predicted molar refractivity (Wildman–Crippen MR) is 125 cm³/mol. The Balaban J connectivity index is 2.14. The molecular formula is C25H33ClN2O3. The molecule has 0 radical (unpaired) electrons. The Labute approximate surface area is 190 Å². The minimum atomic E-state index is -0.662. The lowest BCUT2D eigenvalue weighted by atomic mass is 10.0. The first-order chi connectivity index (χ1) is 14.7. The van der Waals surface area contributed by atoms with Gasteiger partial charge in [0.25, 0.3) is 5.91 Å². The predicted octanol–water partition coefficient (Wildman–Crippen LogP) is 5.17. The van der Waals surface area contributed by atoms with E-state index >= 15 is 0 Å². The van der Waals surface area contributed by atoms with E-state index in [1.807, 2.05) is 56.3 Å². The Morgan fingerprint density at radius 3 is 2.26 bits per heavy atom. The molecule has 6 heteroatoms. The third-order valence-corrected chi connectivity index (χ3v) is 5.74. The number of carbonyl (C=O) groups is 2. The number of carbonyl (C=O) groups excluding carboxylic acids is 2. The van der Waals surface area contributed by atoms with E-state index in [1.54, 1.807) is 13.0 Å². The highest BCUT2D eigenvalue weighted by Crippen LogP contribution is 2.21. The number of hydrogen-bond acceptors (Lipinski definition) is 3. The maximum Gasteiger partial charge on any atom is 0.261 e. The zero-order valence-corrected chi connectivity index (χ0v) is 19.8. The Kier molecular flexibility index (Phi) is 9.38. The summed E-state index contributed by atoms with van der Waals surface area (Å²) in [6.45, 7) is 9.98. The van der Waals surface area contributed by atoms with Crippen LogP contribution in [0.1, 0.15) is 58.1 Å². The molecular weight excluding hydrogens is 412 g/mol. The van der Waals surface area contributed by atoms with Gasteiger partial charge in [0, 0.05) is 17.6 Å². The average molecular weight is 445 g/mol. The lowest BCUT2D eigenvalue weighted by Gasteiger charge is -2.30. The van der Waals surface area contributed by atoms with Crippen LogP contribution in [0.4, 0.5) is 0 Å². The van der Waals surface area contributed by atoms with Crippen LogP contribution in [0.25, 0.3) is 0 Å². The maximum atomic E-state index is 13.1. The molecule has 0 aliphatic heterocycles. The lowest BCUT2D eigenvalue weighted by Crippen LogP contribution is -2.50. The molecule has 0 heterocycles. The Hall–Kier alpha value is -2.53. The van der Waals surface area contributed by atoms with Crippen molar-refractivity contribution >= 4 is 23.4 Å². The van der Waals surface area contributed by atoms with Crippen LogP contribution in [0.5, 0.6) is 5.75 Å². The fraction of sp³-hybridized carbons (Fsp3) is 0.440. The number of benzene rings is 2. The van der Waals surface area contributed by atoms with Crippen LogP contribution in [-0.4, -0.2) is 35.4 Å². The summed E-state index contributed by atoms with van der Waals surface area (Å²) in [6, 6.07) is 14.4. The highest BCUT2D eigenvalue weighted by molar-refractivity contribution is 6.31. The molecule has 0 fully saturated rings. The number of amides is 2. The van der Waals surface area contributed by atoms with Gasteiger partial charge in [0.05, 0.1) is 0 Å². The van der Waals surface area contributed by atoms with Crippen LogP contribution in [0, 0.1) is 0 Å². The van der Waals surface area contributed by atoms with Gasteiger partial charge in [-0.25, -0.2) is 0 Å². The molecule has 1 N–H and O–H groups in total. The van der Waals surface area contributed by atoms with Crippen LogP contribution < -0.4 is 10.1 Å². The quantitative estimate of drug-likeness (QED) is 0.549. The average Bonchev–Trinajstić information content (AvgIpc) is 2.76. The van der Waals surface area contributed by atoms with Crippen LogP contribution in [0.3, 0.4) is 0 Å². The summed E-state index contributed by atoms with van der Waals surface area (Å²) in [4.78, 5) is 27.3. The third-order valence-electron chi connectivity index (χ3n) is 5.38. The van der Waals surface area contributed by atoms with Gasteiger partial charge in [-0.05, 0) is 55.5 Å². The van der Waals surface area contributed by atoms with Gasteiger partial charge >= 0.3 is 0 Å². The van der Waals surface area contributed by atoms with Crippen LogP contribution in [-0.2, 0) is 16.1 Å². The van der Waals surface area contributed by atoms with Crippen molar-refractivity contribution in [3.8, 4) is 5.75 Å². The molecule has 0 aromatic heterocycles. The molecule has 0 aliphatic rings. The second-order valence-corrected chi connectivity index (χ2v) is 8.53. The number of halogens is 1. The molecule has 2 atom stereocenters. The van der Waals surface area contributed by atoms with Crippen LogP contribution in [0.2, 0.25) is 5.02 Å². The number of rotatable bonds is 10. The van der Waals surface area contributed by atoms with Crippen LogP contribution in [0.15, 0.2) is 48.5 Å². The summed E-state index contributed by atoms with van der Waals surface area (Å²) in [7, 11) is 0. The van der Waals surface area contributed by atoms with Crippen molar-refractivity contribution in [3.05, 3.63) is 64.7 Å². The molecule has 2 aromatic rings. The van der Waals surface area contributed by atoms with E-state index in [1.165, 1.54) is 10.5 Å². The summed E-state index contributed by atoms with van der Waals surface area (Å²) in [5.74, 6) is 0.564. The Bertz CT molecular complexity index is 867. The standard InChI is InChI=1S/C25H33ClN2O3/c1-6-18(4)27-25(30)19(5)28(15-21-9-7-8-10-23(21)26)24(29)16-31-22-13-11-20(12-14-22)17(2)3/h7-14,17-19H,6,15-16H2,1-5H3,(H,27,30)/t18-,19-/m0/s1. The molecule has 0 saturated carbocycles. The van der Waals surface area contributed by atoms with Crippen molar-refractivity contribution in [1.29, 1.82) is 0 Å². The summed E-state index contributed by atoms with van der Waals surface area (Å²) >= 11 is 6.31. The Morgan fingerprint density at radius 2 is 1.68 bits per heavy atom. The van der Waals surface area contributed by atoms with E-state index in [9.17, 15) is 9.59 Å². The van der Waals surface area contributed by atoms with Crippen molar-refractivity contribution in [2.45, 2.75) is 65.6 Å². The normalized spacial score (nSPS) is 12.9. The topological polar surface area (TPSA) is 58.6 Å². The van der Waals surface area contributed by atoms with Crippen molar-refractivity contribution in [1.82, 2.24) is 10.2 Å². The van der Waals surface area contributed by atoms with E-state index in [2.05, 4.69) is 19.2 Å². The SMILES string of the molecule is CC[C@H](C)NC(=O)[C@H](C)N(Cc1ccccc1Cl)C(=O)COc1ccc(C(C)C)cc1. The van der Waals surface area contributed by atoms with Crippen molar-refractivity contribution < 1.29 is 14.3 Å². The van der Waals surface area contributed by atoms with Gasteiger partial charge in [0.2, 0.25) is 5.91 Å². The molecule has 5 nitrogen and oxygen atoms in total. The minimum absolute atomic E-state index is 0.0305. The number of nitrogens with zero attached hydrogens (tertiary/aromatic N) is 1. The zero-order valence-electron chi connectivity index (χ0n) is 19.0. The van der Waals surface area contributed by atoms with Gasteiger partial charge in [0.1, 0.15) is 11.8 Å². The smallest absolute Gasteiger partial charge is 0.261 e. The van der Waals surface area contributed by atoms with E-state index in [0.29, 0.717) is 16.7 Å². The number of hydrogen-bond donors (Lipinski definition) is 1. The minimum Gasteiger partial charge on any atom is -0.484 e. The molecule has 168 valence electrons. The summed E-state index contributed by atoms with van der Waals surface area (Å²) < 4.78 is 5.73. The Morgan fingerprint density at radius 1 is 1.03 bits per heavy atom. The van der Waals surface area contributed by atoms with Gasteiger partial charge in [-0.3, -0.25) is 9.59 Å². The summed E-state index contributed by atoms with van der Waals surface area (Å²) in [6.07, 6.45) is 0.812. The fourth-order valence-electron chi connectivity index (χ4n) is 3.04. The molecule has 31 heavy (non-hydrogen) atoms. The highest BCUT2D eigenvalue weighted by Gasteiger charge is 2.27. The van der Waals surface area contributed by atoms with Gasteiger partial charge in [-0.2, -0.15) is 0 Å². The molecule has 2 rings (SSSR count).